The summed E-state index contributed by atoms with van der Waals surface area (Å²) in [4.78, 5) is 53.0. The number of rotatable bonds is 13. The summed E-state index contributed by atoms with van der Waals surface area (Å²) in [6.07, 6.45) is 0.848. The lowest BCUT2D eigenvalue weighted by molar-refractivity contribution is -0.144. The predicted molar refractivity (Wildman–Crippen MR) is 148 cm³/mol. The molecule has 0 aromatic heterocycles. The molecule has 0 heterocycles. The first kappa shape index (κ1) is 32.9. The Balaban J connectivity index is 3.36. The molecule has 9 heteroatoms. The highest BCUT2D eigenvalue weighted by molar-refractivity contribution is 5.91. The van der Waals surface area contributed by atoms with Crippen molar-refractivity contribution in [1.82, 2.24) is 15.5 Å². The van der Waals surface area contributed by atoms with Crippen LogP contribution >= 0.6 is 0 Å². The molecule has 1 rings (SSSR count). The highest BCUT2D eigenvalue weighted by Crippen LogP contribution is 2.29. The van der Waals surface area contributed by atoms with Crippen LogP contribution < -0.4 is 10.6 Å². The number of carbonyl (C=O) groups is 4. The fraction of sp³-hybridized carbons (Fsp3) is 0.655. The van der Waals surface area contributed by atoms with Gasteiger partial charge < -0.3 is 25.0 Å². The van der Waals surface area contributed by atoms with Gasteiger partial charge in [0.05, 0.1) is 13.0 Å². The summed E-state index contributed by atoms with van der Waals surface area (Å²) >= 11 is 0. The van der Waals surface area contributed by atoms with E-state index in [4.69, 9.17) is 9.47 Å². The number of ether oxygens (including phenoxy) is 2. The molecule has 0 saturated carbocycles. The fourth-order valence-electron chi connectivity index (χ4n) is 4.08. The van der Waals surface area contributed by atoms with E-state index >= 15 is 0 Å². The SMILES string of the molecule is CCOC(=O)CCNC(=O)C(c1ccc(C)cc1C)N(C(=O)CNC(=O)OC(C)(C)C)C(C)CCC(C)C. The Hall–Kier alpha value is -3.10. The molecule has 38 heavy (non-hydrogen) atoms. The molecule has 0 aliphatic rings. The lowest BCUT2D eigenvalue weighted by Gasteiger charge is -2.37. The maximum Gasteiger partial charge on any atom is 0.408 e. The third-order valence-corrected chi connectivity index (χ3v) is 5.89. The molecule has 0 aliphatic carbocycles. The van der Waals surface area contributed by atoms with Gasteiger partial charge in [0.15, 0.2) is 0 Å². The molecule has 0 fully saturated rings. The molecule has 0 saturated heterocycles. The van der Waals surface area contributed by atoms with Gasteiger partial charge >= 0.3 is 12.1 Å². The predicted octanol–water partition coefficient (Wildman–Crippen LogP) is 4.59. The first-order chi connectivity index (χ1) is 17.7. The highest BCUT2D eigenvalue weighted by atomic mass is 16.6. The molecule has 1 aromatic carbocycles. The van der Waals surface area contributed by atoms with Crippen LogP contribution in [0.15, 0.2) is 18.2 Å². The number of benzene rings is 1. The van der Waals surface area contributed by atoms with Crippen molar-refractivity contribution in [2.75, 3.05) is 19.7 Å². The minimum atomic E-state index is -0.951. The number of alkyl carbamates (subject to hydrolysis) is 1. The van der Waals surface area contributed by atoms with Crippen LogP contribution in [0.3, 0.4) is 0 Å². The second kappa shape index (κ2) is 15.3. The summed E-state index contributed by atoms with van der Waals surface area (Å²) < 4.78 is 10.2. The second-order valence-electron chi connectivity index (χ2n) is 11.1. The molecule has 0 radical (unpaired) electrons. The monoisotopic (exact) mass is 533 g/mol. The van der Waals surface area contributed by atoms with Gasteiger partial charge in [0.1, 0.15) is 18.2 Å². The molecule has 9 nitrogen and oxygen atoms in total. The highest BCUT2D eigenvalue weighted by Gasteiger charge is 2.35. The Kier molecular flexibility index (Phi) is 13.3. The number of hydrogen-bond acceptors (Lipinski definition) is 6. The first-order valence-corrected chi connectivity index (χ1v) is 13.4. The number of nitrogens with one attached hydrogen (secondary N) is 2. The van der Waals surface area contributed by atoms with Crippen LogP contribution in [-0.4, -0.2) is 60.1 Å². The Morgan fingerprint density at radius 1 is 1.00 bits per heavy atom. The van der Waals surface area contributed by atoms with E-state index in [0.717, 1.165) is 17.5 Å². The van der Waals surface area contributed by atoms with Gasteiger partial charge in [0.2, 0.25) is 11.8 Å². The average molecular weight is 534 g/mol. The van der Waals surface area contributed by atoms with Gasteiger partial charge in [-0.05, 0) is 78.4 Å². The van der Waals surface area contributed by atoms with Gasteiger partial charge in [-0.2, -0.15) is 0 Å². The van der Waals surface area contributed by atoms with Crippen molar-refractivity contribution >= 4 is 23.9 Å². The van der Waals surface area contributed by atoms with E-state index in [0.29, 0.717) is 17.9 Å². The van der Waals surface area contributed by atoms with Gasteiger partial charge in [0, 0.05) is 12.6 Å². The van der Waals surface area contributed by atoms with E-state index in [2.05, 4.69) is 24.5 Å². The fourth-order valence-corrected chi connectivity index (χ4v) is 4.08. The number of amides is 3. The second-order valence-corrected chi connectivity index (χ2v) is 11.1. The number of hydrogen-bond donors (Lipinski definition) is 2. The van der Waals surface area contributed by atoms with E-state index in [-0.39, 0.29) is 32.2 Å². The van der Waals surface area contributed by atoms with Gasteiger partial charge in [-0.25, -0.2) is 4.79 Å². The lowest BCUT2D eigenvalue weighted by atomic mass is 9.94. The molecule has 1 aromatic rings. The van der Waals surface area contributed by atoms with Gasteiger partial charge in [-0.15, -0.1) is 0 Å². The van der Waals surface area contributed by atoms with Crippen LogP contribution in [0.4, 0.5) is 4.79 Å². The van der Waals surface area contributed by atoms with E-state index in [1.54, 1.807) is 32.6 Å². The van der Waals surface area contributed by atoms with E-state index in [9.17, 15) is 19.2 Å². The van der Waals surface area contributed by atoms with Crippen molar-refractivity contribution in [2.45, 2.75) is 99.3 Å². The van der Waals surface area contributed by atoms with Crippen molar-refractivity contribution < 1.29 is 28.7 Å². The van der Waals surface area contributed by atoms with Crippen molar-refractivity contribution in [3.63, 3.8) is 0 Å². The Bertz CT molecular complexity index is 954. The molecule has 214 valence electrons. The summed E-state index contributed by atoms with van der Waals surface area (Å²) in [5.41, 5.74) is 1.87. The van der Waals surface area contributed by atoms with Crippen LogP contribution in [0.2, 0.25) is 0 Å². The molecular formula is C29H47N3O6. The number of aryl methyl sites for hydroxylation is 2. The maximum absolute atomic E-state index is 13.7. The van der Waals surface area contributed by atoms with Crippen molar-refractivity contribution in [3.05, 3.63) is 34.9 Å². The van der Waals surface area contributed by atoms with Crippen molar-refractivity contribution in [3.8, 4) is 0 Å². The maximum atomic E-state index is 13.7. The molecule has 0 spiro atoms. The molecule has 0 bridgehead atoms. The third kappa shape index (κ3) is 11.5. The standard InChI is InChI=1S/C29H47N3O6/c1-10-37-25(34)15-16-30-27(35)26(23-14-12-20(4)17-21(23)5)32(22(6)13-11-19(2)3)24(33)18-31-28(36)38-29(7,8)9/h12,14,17,19,22,26H,10-11,13,15-16,18H2,1-9H3,(H,30,35)(H,31,36). The molecule has 2 N–H and O–H groups in total. The first-order valence-electron chi connectivity index (χ1n) is 13.4. The number of nitrogens with zero attached hydrogens (tertiary/aromatic N) is 1. The van der Waals surface area contributed by atoms with Gasteiger partial charge in [-0.1, -0.05) is 37.6 Å². The van der Waals surface area contributed by atoms with E-state index in [1.807, 2.05) is 39.0 Å². The van der Waals surface area contributed by atoms with Gasteiger partial charge in [-0.3, -0.25) is 14.4 Å². The lowest BCUT2D eigenvalue weighted by Crippen LogP contribution is -2.51. The van der Waals surface area contributed by atoms with Crippen LogP contribution in [0.1, 0.15) is 90.5 Å². The molecular weight excluding hydrogens is 486 g/mol. The van der Waals surface area contributed by atoms with Crippen LogP contribution in [0.25, 0.3) is 0 Å². The Morgan fingerprint density at radius 3 is 2.21 bits per heavy atom. The van der Waals surface area contributed by atoms with E-state index in [1.165, 1.54) is 0 Å². The molecule has 2 atom stereocenters. The topological polar surface area (TPSA) is 114 Å². The van der Waals surface area contributed by atoms with Crippen LogP contribution in [0, 0.1) is 19.8 Å². The van der Waals surface area contributed by atoms with Crippen LogP contribution in [-0.2, 0) is 23.9 Å². The van der Waals surface area contributed by atoms with Gasteiger partial charge in [0.25, 0.3) is 0 Å². The van der Waals surface area contributed by atoms with Crippen molar-refractivity contribution in [2.24, 2.45) is 5.92 Å². The molecule has 2 unspecified atom stereocenters. The zero-order chi connectivity index (χ0) is 29.0. The Morgan fingerprint density at radius 2 is 1.66 bits per heavy atom. The third-order valence-electron chi connectivity index (χ3n) is 5.89. The average Bonchev–Trinajstić information content (AvgIpc) is 2.79. The molecule has 3 amide bonds. The number of esters is 1. The summed E-state index contributed by atoms with van der Waals surface area (Å²) in [6, 6.07) is 4.48. The summed E-state index contributed by atoms with van der Waals surface area (Å²) in [5, 5.41) is 5.35. The normalized spacial score (nSPS) is 12.9. The minimum Gasteiger partial charge on any atom is -0.466 e. The molecule has 0 aliphatic heterocycles. The smallest absolute Gasteiger partial charge is 0.408 e. The summed E-state index contributed by atoms with van der Waals surface area (Å²) in [5.74, 6) is -0.802. The number of carbonyl (C=O) groups excluding carboxylic acids is 4. The zero-order valence-corrected chi connectivity index (χ0v) is 24.6. The zero-order valence-electron chi connectivity index (χ0n) is 24.6. The van der Waals surface area contributed by atoms with Crippen LogP contribution in [0.5, 0.6) is 0 Å². The van der Waals surface area contributed by atoms with Crippen molar-refractivity contribution in [1.29, 1.82) is 0 Å². The Labute approximate surface area is 228 Å². The quantitative estimate of drug-likeness (QED) is 0.359. The minimum absolute atomic E-state index is 0.0240. The summed E-state index contributed by atoms with van der Waals surface area (Å²) in [6.45, 7) is 17.0. The van der Waals surface area contributed by atoms with E-state index < -0.39 is 35.5 Å². The largest absolute Gasteiger partial charge is 0.466 e. The summed E-state index contributed by atoms with van der Waals surface area (Å²) in [7, 11) is 0.